The Kier molecular flexibility index (Phi) is 4.11. The smallest absolute Gasteiger partial charge is 0.267 e. The molecule has 1 aromatic carbocycles. The Hall–Kier alpha value is -2.31. The Labute approximate surface area is 140 Å². The molecular weight excluding hydrogens is 336 g/mol. The third-order valence-corrected chi connectivity index (χ3v) is 4.75. The minimum Gasteiger partial charge on any atom is -0.505 e. The lowest BCUT2D eigenvalue weighted by Gasteiger charge is -2.12. The first-order valence-corrected chi connectivity index (χ1v) is 8.19. The first kappa shape index (κ1) is 15.6. The zero-order valence-corrected chi connectivity index (χ0v) is 13.7. The van der Waals surface area contributed by atoms with Crippen molar-refractivity contribution < 1.29 is 9.90 Å². The molecule has 0 bridgehead atoms. The van der Waals surface area contributed by atoms with Gasteiger partial charge in [0, 0.05) is 6.54 Å². The maximum absolute atomic E-state index is 12.6. The van der Waals surface area contributed by atoms with E-state index in [1.54, 1.807) is 35.7 Å². The number of rotatable bonds is 3. The lowest BCUT2D eigenvalue weighted by Crippen LogP contribution is -2.29. The number of aromatic hydroxyl groups is 1. The Morgan fingerprint density at radius 3 is 2.78 bits per heavy atom. The van der Waals surface area contributed by atoms with Crippen LogP contribution in [0.15, 0.2) is 40.5 Å². The maximum atomic E-state index is 12.6. The van der Waals surface area contributed by atoms with Gasteiger partial charge in [-0.3, -0.25) is 9.59 Å². The van der Waals surface area contributed by atoms with Crippen molar-refractivity contribution in [3.8, 4) is 5.75 Å². The third kappa shape index (κ3) is 2.60. The number of pyridine rings is 1. The van der Waals surface area contributed by atoms with Gasteiger partial charge in [0.15, 0.2) is 5.75 Å². The van der Waals surface area contributed by atoms with E-state index in [0.29, 0.717) is 27.5 Å². The van der Waals surface area contributed by atoms with E-state index in [4.69, 9.17) is 11.6 Å². The lowest BCUT2D eigenvalue weighted by molar-refractivity contribution is 0.102. The quantitative estimate of drug-likeness (QED) is 0.758. The molecule has 2 heterocycles. The molecule has 3 rings (SSSR count). The molecular formula is C16H13ClN2O3S. The molecule has 0 fully saturated rings. The largest absolute Gasteiger partial charge is 0.505 e. The highest BCUT2D eigenvalue weighted by Gasteiger charge is 2.23. The highest BCUT2D eigenvalue weighted by Crippen LogP contribution is 2.31. The van der Waals surface area contributed by atoms with Crippen LogP contribution in [0, 0.1) is 0 Å². The van der Waals surface area contributed by atoms with Crippen molar-refractivity contribution in [2.45, 2.75) is 13.5 Å². The molecule has 0 atom stereocenters. The standard InChI is InChI=1S/C16H13ClN2O3S/c1-2-19-11-7-8-23-14(11)13(20)12(16(19)22)15(21)18-10-6-4-3-5-9(10)17/h3-8,20H,2H2,1H3,(H,18,21). The molecule has 5 nitrogen and oxygen atoms in total. The average molecular weight is 349 g/mol. The number of hydrogen-bond acceptors (Lipinski definition) is 4. The second-order valence-electron chi connectivity index (χ2n) is 4.84. The number of nitrogens with zero attached hydrogens (tertiary/aromatic N) is 1. The van der Waals surface area contributed by atoms with Gasteiger partial charge < -0.3 is 15.0 Å². The number of anilines is 1. The monoisotopic (exact) mass is 348 g/mol. The van der Waals surface area contributed by atoms with Crippen LogP contribution >= 0.6 is 22.9 Å². The van der Waals surface area contributed by atoms with Crippen molar-refractivity contribution in [2.75, 3.05) is 5.32 Å². The zero-order valence-electron chi connectivity index (χ0n) is 12.2. The van der Waals surface area contributed by atoms with Gasteiger partial charge in [-0.15, -0.1) is 11.3 Å². The topological polar surface area (TPSA) is 71.3 Å². The summed E-state index contributed by atoms with van der Waals surface area (Å²) in [4.78, 5) is 25.1. The van der Waals surface area contributed by atoms with Crippen molar-refractivity contribution >= 4 is 44.7 Å². The predicted octanol–water partition coefficient (Wildman–Crippen LogP) is 3.69. The van der Waals surface area contributed by atoms with E-state index >= 15 is 0 Å². The van der Waals surface area contributed by atoms with E-state index in [1.165, 1.54) is 15.9 Å². The summed E-state index contributed by atoms with van der Waals surface area (Å²) in [5.74, 6) is -0.979. The maximum Gasteiger partial charge on any atom is 0.267 e. The minimum absolute atomic E-state index is 0.276. The summed E-state index contributed by atoms with van der Waals surface area (Å²) in [5.41, 5.74) is 0.198. The lowest BCUT2D eigenvalue weighted by atomic mass is 10.2. The molecule has 0 aliphatic heterocycles. The zero-order chi connectivity index (χ0) is 16.6. The van der Waals surface area contributed by atoms with Crippen LogP contribution in [0.3, 0.4) is 0 Å². The second-order valence-corrected chi connectivity index (χ2v) is 6.17. The first-order valence-electron chi connectivity index (χ1n) is 6.93. The Bertz CT molecular complexity index is 962. The minimum atomic E-state index is -0.682. The van der Waals surface area contributed by atoms with E-state index in [0.717, 1.165) is 0 Å². The summed E-state index contributed by atoms with van der Waals surface area (Å²) >= 11 is 7.29. The fourth-order valence-electron chi connectivity index (χ4n) is 2.42. The molecule has 0 radical (unpaired) electrons. The molecule has 2 aromatic heterocycles. The molecule has 0 saturated carbocycles. The Balaban J connectivity index is 2.14. The number of benzene rings is 1. The van der Waals surface area contributed by atoms with E-state index in [9.17, 15) is 14.7 Å². The van der Waals surface area contributed by atoms with Gasteiger partial charge in [0.05, 0.1) is 20.9 Å². The summed E-state index contributed by atoms with van der Waals surface area (Å²) in [6, 6.07) is 8.45. The molecule has 3 aromatic rings. The molecule has 0 saturated heterocycles. The van der Waals surface area contributed by atoms with Gasteiger partial charge in [-0.1, -0.05) is 23.7 Å². The third-order valence-electron chi connectivity index (χ3n) is 3.51. The van der Waals surface area contributed by atoms with Crippen LogP contribution in [0.2, 0.25) is 5.02 Å². The number of halogens is 1. The van der Waals surface area contributed by atoms with E-state index < -0.39 is 11.5 Å². The van der Waals surface area contributed by atoms with E-state index in [1.807, 2.05) is 6.92 Å². The SMILES string of the molecule is CCn1c(=O)c(C(=O)Nc2ccccc2Cl)c(O)c2sccc21. The molecule has 2 N–H and O–H groups in total. The van der Waals surface area contributed by atoms with Crippen LogP contribution < -0.4 is 10.9 Å². The number of carbonyl (C=O) groups is 1. The van der Waals surface area contributed by atoms with Crippen molar-refractivity contribution in [2.24, 2.45) is 0 Å². The van der Waals surface area contributed by atoms with Gasteiger partial charge in [-0.2, -0.15) is 0 Å². The molecule has 0 spiro atoms. The first-order chi connectivity index (χ1) is 11.0. The van der Waals surface area contributed by atoms with Crippen LogP contribution in [0.4, 0.5) is 5.69 Å². The number of hydrogen-bond donors (Lipinski definition) is 2. The number of fused-ring (bicyclic) bond motifs is 1. The van der Waals surface area contributed by atoms with Gasteiger partial charge in [0.2, 0.25) is 0 Å². The summed E-state index contributed by atoms with van der Waals surface area (Å²) in [7, 11) is 0. The number of aryl methyl sites for hydroxylation is 1. The number of nitrogens with one attached hydrogen (secondary N) is 1. The van der Waals surface area contributed by atoms with Gasteiger partial charge in [-0.25, -0.2) is 0 Å². The van der Waals surface area contributed by atoms with Crippen LogP contribution in [-0.2, 0) is 6.54 Å². The molecule has 23 heavy (non-hydrogen) atoms. The normalized spacial score (nSPS) is 10.9. The fraction of sp³-hybridized carbons (Fsp3) is 0.125. The molecule has 0 aliphatic carbocycles. The summed E-state index contributed by atoms with van der Waals surface area (Å²) in [6.45, 7) is 2.21. The van der Waals surface area contributed by atoms with Gasteiger partial charge in [0.1, 0.15) is 5.56 Å². The number of para-hydroxylation sites is 1. The number of aromatic nitrogens is 1. The van der Waals surface area contributed by atoms with E-state index in [2.05, 4.69) is 5.32 Å². The Morgan fingerprint density at radius 1 is 1.35 bits per heavy atom. The molecule has 0 unspecified atom stereocenters. The number of amides is 1. The second kappa shape index (κ2) is 6.06. The van der Waals surface area contributed by atoms with Crippen LogP contribution in [0.1, 0.15) is 17.3 Å². The van der Waals surface area contributed by atoms with Crippen LogP contribution in [-0.4, -0.2) is 15.6 Å². The summed E-state index contributed by atoms with van der Waals surface area (Å²) < 4.78 is 1.98. The van der Waals surface area contributed by atoms with Crippen LogP contribution in [0.25, 0.3) is 10.2 Å². The average Bonchev–Trinajstić information content (AvgIpc) is 3.00. The van der Waals surface area contributed by atoms with Gasteiger partial charge >= 0.3 is 0 Å². The number of thiophene rings is 1. The number of carbonyl (C=O) groups excluding carboxylic acids is 1. The molecule has 7 heteroatoms. The highest BCUT2D eigenvalue weighted by molar-refractivity contribution is 7.17. The molecule has 1 amide bonds. The Morgan fingerprint density at radius 2 is 2.09 bits per heavy atom. The van der Waals surface area contributed by atoms with Crippen molar-refractivity contribution in [1.29, 1.82) is 0 Å². The predicted molar refractivity (Wildman–Crippen MR) is 92.8 cm³/mol. The van der Waals surface area contributed by atoms with Gasteiger partial charge in [-0.05, 0) is 30.5 Å². The summed E-state index contributed by atoms with van der Waals surface area (Å²) in [5, 5.41) is 15.1. The highest BCUT2D eigenvalue weighted by atomic mass is 35.5. The van der Waals surface area contributed by atoms with Crippen molar-refractivity contribution in [1.82, 2.24) is 4.57 Å². The van der Waals surface area contributed by atoms with Gasteiger partial charge in [0.25, 0.3) is 11.5 Å². The van der Waals surface area contributed by atoms with E-state index in [-0.39, 0.29) is 11.3 Å². The fourth-order valence-corrected chi connectivity index (χ4v) is 3.45. The van der Waals surface area contributed by atoms with Crippen LogP contribution in [0.5, 0.6) is 5.75 Å². The van der Waals surface area contributed by atoms with Crippen molar-refractivity contribution in [3.05, 3.63) is 56.7 Å². The summed E-state index contributed by atoms with van der Waals surface area (Å²) in [6.07, 6.45) is 0. The van der Waals surface area contributed by atoms with Crippen molar-refractivity contribution in [3.63, 3.8) is 0 Å². The molecule has 118 valence electrons. The molecule has 0 aliphatic rings.